The highest BCUT2D eigenvalue weighted by molar-refractivity contribution is 6.09. The highest BCUT2D eigenvalue weighted by atomic mass is 15.4. The van der Waals surface area contributed by atoms with Crippen LogP contribution in [-0.2, 0) is 7.05 Å². The fourth-order valence-corrected chi connectivity index (χ4v) is 7.74. The molecule has 3 aromatic heterocycles. The van der Waals surface area contributed by atoms with Crippen LogP contribution in [0.2, 0.25) is 0 Å². The lowest BCUT2D eigenvalue weighted by molar-refractivity contribution is 0.948. The molecule has 0 amide bonds. The van der Waals surface area contributed by atoms with Crippen LogP contribution in [-0.4, -0.2) is 32.8 Å². The third-order valence-electron chi connectivity index (χ3n) is 10.1. The Labute approximate surface area is 283 Å². The lowest BCUT2D eigenvalue weighted by atomic mass is 9.98. The second-order valence-corrected chi connectivity index (χ2v) is 12.9. The lowest BCUT2D eigenvalue weighted by Gasteiger charge is -2.20. The molecule has 6 heteroatoms. The number of hydrogen-bond acceptors (Lipinski definition) is 4. The molecule has 9 aromatic rings. The van der Waals surface area contributed by atoms with E-state index in [0.29, 0.717) is 0 Å². The SMILES string of the molecule is CN1CN(c2cccc(-n3c4cc(-c5nc6ccc(-c7cccc8ccccc78)cc6n5C)ccc4c4cccnc43)c2)c2ccccc21. The third kappa shape index (κ3) is 4.20. The minimum Gasteiger partial charge on any atom is -0.355 e. The van der Waals surface area contributed by atoms with Gasteiger partial charge in [-0.1, -0.05) is 78.9 Å². The van der Waals surface area contributed by atoms with E-state index in [1.54, 1.807) is 0 Å². The molecule has 0 radical (unpaired) electrons. The van der Waals surface area contributed by atoms with Gasteiger partial charge in [0.25, 0.3) is 0 Å². The molecule has 6 nitrogen and oxygen atoms in total. The van der Waals surface area contributed by atoms with Crippen molar-refractivity contribution >= 4 is 60.8 Å². The van der Waals surface area contributed by atoms with Gasteiger partial charge in [0.1, 0.15) is 11.5 Å². The van der Waals surface area contributed by atoms with Gasteiger partial charge in [-0.05, 0) is 82.6 Å². The van der Waals surface area contributed by atoms with Gasteiger partial charge in [-0.3, -0.25) is 4.57 Å². The van der Waals surface area contributed by atoms with Crippen molar-refractivity contribution in [3.05, 3.63) is 146 Å². The fraction of sp³-hybridized carbons (Fsp3) is 0.0698. The first-order valence-corrected chi connectivity index (χ1v) is 16.6. The van der Waals surface area contributed by atoms with Crippen LogP contribution in [0.25, 0.3) is 71.9 Å². The Morgan fingerprint density at radius 1 is 0.571 bits per heavy atom. The van der Waals surface area contributed by atoms with Gasteiger partial charge in [0.15, 0.2) is 0 Å². The summed E-state index contributed by atoms with van der Waals surface area (Å²) in [6.45, 7) is 0.799. The number of nitrogens with zero attached hydrogens (tertiary/aromatic N) is 6. The smallest absolute Gasteiger partial charge is 0.145 e. The normalized spacial score (nSPS) is 12.9. The molecular weight excluding hydrogens is 601 g/mol. The maximum atomic E-state index is 5.16. The first-order chi connectivity index (χ1) is 24.1. The number of imidazole rings is 1. The average molecular weight is 633 g/mol. The van der Waals surface area contributed by atoms with Crippen molar-refractivity contribution in [2.75, 3.05) is 23.5 Å². The van der Waals surface area contributed by atoms with E-state index in [4.69, 9.17) is 9.97 Å². The molecule has 1 aliphatic rings. The third-order valence-corrected chi connectivity index (χ3v) is 10.1. The van der Waals surface area contributed by atoms with E-state index < -0.39 is 0 Å². The Morgan fingerprint density at radius 2 is 1.33 bits per heavy atom. The van der Waals surface area contributed by atoms with E-state index in [9.17, 15) is 0 Å². The Kier molecular flexibility index (Phi) is 5.96. The van der Waals surface area contributed by atoms with Crippen LogP contribution in [0.15, 0.2) is 146 Å². The second kappa shape index (κ2) is 10.6. The highest BCUT2D eigenvalue weighted by Gasteiger charge is 2.25. The largest absolute Gasteiger partial charge is 0.355 e. The van der Waals surface area contributed by atoms with Crippen LogP contribution < -0.4 is 9.80 Å². The molecule has 0 fully saturated rings. The maximum absolute atomic E-state index is 5.16. The van der Waals surface area contributed by atoms with Crippen LogP contribution in [0.4, 0.5) is 17.1 Å². The highest BCUT2D eigenvalue weighted by Crippen LogP contribution is 2.41. The van der Waals surface area contributed by atoms with Gasteiger partial charge in [-0.25, -0.2) is 9.97 Å². The molecule has 0 atom stereocenters. The van der Waals surface area contributed by atoms with Crippen molar-refractivity contribution in [3.8, 4) is 28.2 Å². The summed E-state index contributed by atoms with van der Waals surface area (Å²) in [4.78, 5) is 14.7. The number of pyridine rings is 1. The standard InChI is InChI=1S/C43H32N6/c1-46-27-48(39-18-6-5-17-38(39)46)31-12-8-13-32(26-31)49-40-25-30(19-21-35(40)36-16-9-23-44-43(36)49)42-45-37-22-20-29(24-41(37)47(42)2)34-15-7-11-28-10-3-4-14-33(28)34/h3-26H,27H2,1-2H3. The predicted molar refractivity (Wildman–Crippen MR) is 203 cm³/mol. The average Bonchev–Trinajstić information content (AvgIpc) is 3.79. The van der Waals surface area contributed by atoms with Crippen molar-refractivity contribution in [2.45, 2.75) is 0 Å². The molecule has 0 bridgehead atoms. The molecule has 234 valence electrons. The first kappa shape index (κ1) is 27.7. The molecule has 4 heterocycles. The number of fused-ring (bicyclic) bond motifs is 6. The summed E-state index contributed by atoms with van der Waals surface area (Å²) in [6, 6.07) is 50.0. The summed E-state index contributed by atoms with van der Waals surface area (Å²) < 4.78 is 4.52. The number of para-hydroxylation sites is 2. The molecule has 6 aromatic carbocycles. The summed E-state index contributed by atoms with van der Waals surface area (Å²) in [5.74, 6) is 0.933. The van der Waals surface area contributed by atoms with Crippen LogP contribution in [0.1, 0.15) is 0 Å². The first-order valence-electron chi connectivity index (χ1n) is 16.6. The van der Waals surface area contributed by atoms with Crippen LogP contribution in [0, 0.1) is 0 Å². The fourth-order valence-electron chi connectivity index (χ4n) is 7.74. The molecule has 49 heavy (non-hydrogen) atoms. The number of hydrogen-bond donors (Lipinski definition) is 0. The van der Waals surface area contributed by atoms with Gasteiger partial charge in [-0.2, -0.15) is 0 Å². The number of aromatic nitrogens is 4. The summed E-state index contributed by atoms with van der Waals surface area (Å²) in [6.07, 6.45) is 1.88. The van der Waals surface area contributed by atoms with E-state index in [1.165, 1.54) is 38.7 Å². The molecule has 10 rings (SSSR count). The predicted octanol–water partition coefficient (Wildman–Crippen LogP) is 10.1. The minimum absolute atomic E-state index is 0.799. The Hall–Kier alpha value is -6.40. The quantitative estimate of drug-likeness (QED) is 0.194. The number of rotatable bonds is 4. The van der Waals surface area contributed by atoms with Gasteiger partial charge >= 0.3 is 0 Å². The molecule has 0 N–H and O–H groups in total. The second-order valence-electron chi connectivity index (χ2n) is 12.9. The zero-order chi connectivity index (χ0) is 32.6. The van der Waals surface area contributed by atoms with Crippen molar-refractivity contribution in [1.82, 2.24) is 19.1 Å². The molecule has 0 saturated heterocycles. The number of aryl methyl sites for hydroxylation is 1. The van der Waals surface area contributed by atoms with Gasteiger partial charge in [-0.15, -0.1) is 0 Å². The summed E-state index contributed by atoms with van der Waals surface area (Å²) >= 11 is 0. The molecule has 0 saturated carbocycles. The van der Waals surface area contributed by atoms with Crippen molar-refractivity contribution in [1.29, 1.82) is 0 Å². The van der Waals surface area contributed by atoms with Crippen molar-refractivity contribution < 1.29 is 0 Å². The van der Waals surface area contributed by atoms with Gasteiger partial charge in [0, 0.05) is 48.0 Å². The Bertz CT molecular complexity index is 2750. The molecule has 0 spiro atoms. The van der Waals surface area contributed by atoms with E-state index in [0.717, 1.165) is 57.0 Å². The lowest BCUT2D eigenvalue weighted by Crippen LogP contribution is -2.24. The van der Waals surface area contributed by atoms with Crippen LogP contribution in [0.5, 0.6) is 0 Å². The minimum atomic E-state index is 0.799. The van der Waals surface area contributed by atoms with Crippen LogP contribution >= 0.6 is 0 Å². The van der Waals surface area contributed by atoms with Gasteiger partial charge in [0.2, 0.25) is 0 Å². The maximum Gasteiger partial charge on any atom is 0.145 e. The summed E-state index contributed by atoms with van der Waals surface area (Å²) in [5, 5.41) is 4.79. The Morgan fingerprint density at radius 3 is 2.27 bits per heavy atom. The number of benzene rings is 6. The summed E-state index contributed by atoms with van der Waals surface area (Å²) in [7, 11) is 4.26. The molecule has 1 aliphatic heterocycles. The summed E-state index contributed by atoms with van der Waals surface area (Å²) in [5.41, 5.74) is 12.3. The monoisotopic (exact) mass is 632 g/mol. The van der Waals surface area contributed by atoms with E-state index in [-0.39, 0.29) is 0 Å². The van der Waals surface area contributed by atoms with E-state index >= 15 is 0 Å². The number of anilines is 3. The topological polar surface area (TPSA) is 42.1 Å². The van der Waals surface area contributed by atoms with Crippen molar-refractivity contribution in [3.63, 3.8) is 0 Å². The van der Waals surface area contributed by atoms with Crippen molar-refractivity contribution in [2.24, 2.45) is 7.05 Å². The zero-order valence-electron chi connectivity index (χ0n) is 27.2. The Balaban J connectivity index is 1.12. The molecule has 0 unspecified atom stereocenters. The molecule has 0 aliphatic carbocycles. The van der Waals surface area contributed by atoms with Gasteiger partial charge in [0.05, 0.1) is 34.6 Å². The van der Waals surface area contributed by atoms with E-state index in [2.05, 4.69) is 166 Å². The van der Waals surface area contributed by atoms with Crippen LogP contribution in [0.3, 0.4) is 0 Å². The van der Waals surface area contributed by atoms with Gasteiger partial charge < -0.3 is 14.4 Å². The molecular formula is C43H32N6. The van der Waals surface area contributed by atoms with E-state index in [1.807, 2.05) is 12.3 Å². The zero-order valence-corrected chi connectivity index (χ0v) is 27.2.